The summed E-state index contributed by atoms with van der Waals surface area (Å²) in [6.07, 6.45) is 1.72. The highest BCUT2D eigenvalue weighted by molar-refractivity contribution is 7.89. The molecule has 0 amide bonds. The van der Waals surface area contributed by atoms with Crippen molar-refractivity contribution < 1.29 is 8.42 Å². The van der Waals surface area contributed by atoms with Crippen LogP contribution < -0.4 is 5.32 Å². The lowest BCUT2D eigenvalue weighted by atomic mass is 10.2. The van der Waals surface area contributed by atoms with Crippen molar-refractivity contribution in [2.24, 2.45) is 0 Å². The molecular formula is C14H23N3O2S. The van der Waals surface area contributed by atoms with Crippen LogP contribution >= 0.6 is 0 Å². The molecule has 0 saturated heterocycles. The van der Waals surface area contributed by atoms with Crippen LogP contribution in [0.4, 0.5) is 5.69 Å². The number of sulfonamides is 1. The fourth-order valence-electron chi connectivity index (χ4n) is 2.35. The number of nitrogens with zero attached hydrogens (tertiary/aromatic N) is 2. The molecule has 1 aliphatic rings. The zero-order valence-electron chi connectivity index (χ0n) is 12.4. The Hall–Kier alpha value is -1.11. The molecule has 1 aliphatic heterocycles. The molecular weight excluding hydrogens is 274 g/mol. The van der Waals surface area contributed by atoms with Crippen LogP contribution in [0.1, 0.15) is 12.0 Å². The van der Waals surface area contributed by atoms with Crippen molar-refractivity contribution in [3.05, 3.63) is 23.8 Å². The molecule has 2 rings (SSSR count). The van der Waals surface area contributed by atoms with E-state index >= 15 is 0 Å². The van der Waals surface area contributed by atoms with Crippen LogP contribution in [-0.4, -0.2) is 58.4 Å². The van der Waals surface area contributed by atoms with E-state index in [2.05, 4.69) is 10.2 Å². The van der Waals surface area contributed by atoms with E-state index in [1.807, 2.05) is 20.2 Å². The number of nitrogens with one attached hydrogen (secondary N) is 1. The topological polar surface area (TPSA) is 52.7 Å². The van der Waals surface area contributed by atoms with Gasteiger partial charge in [-0.3, -0.25) is 0 Å². The second kappa shape index (κ2) is 6.11. The lowest BCUT2D eigenvalue weighted by Gasteiger charge is -2.19. The van der Waals surface area contributed by atoms with Crippen molar-refractivity contribution in [2.75, 3.05) is 46.1 Å². The molecule has 1 aromatic carbocycles. The third-order valence-corrected chi connectivity index (χ3v) is 5.43. The van der Waals surface area contributed by atoms with Crippen LogP contribution in [0, 0.1) is 0 Å². The standard InChI is InChI=1S/C14H23N3O2S/c1-16(2)9-4-10-17(3)20(18,19)13-5-6-14-12(11-13)7-8-15-14/h5-6,11,15H,4,7-10H2,1-3H3. The Kier molecular flexibility index (Phi) is 4.67. The van der Waals surface area contributed by atoms with Gasteiger partial charge in [0.15, 0.2) is 0 Å². The molecule has 0 spiro atoms. The van der Waals surface area contributed by atoms with E-state index in [4.69, 9.17) is 0 Å². The van der Waals surface area contributed by atoms with Gasteiger partial charge in [0.1, 0.15) is 0 Å². The normalized spacial score (nSPS) is 14.7. The zero-order valence-corrected chi connectivity index (χ0v) is 13.2. The van der Waals surface area contributed by atoms with Gasteiger partial charge >= 0.3 is 0 Å². The molecule has 0 bridgehead atoms. The van der Waals surface area contributed by atoms with Gasteiger partial charge in [-0.05, 0) is 57.2 Å². The molecule has 20 heavy (non-hydrogen) atoms. The van der Waals surface area contributed by atoms with Crippen LogP contribution in [0.25, 0.3) is 0 Å². The first-order valence-electron chi connectivity index (χ1n) is 6.89. The Labute approximate surface area is 121 Å². The lowest BCUT2D eigenvalue weighted by Crippen LogP contribution is -2.30. The maximum absolute atomic E-state index is 12.5. The Morgan fingerprint density at radius 3 is 2.65 bits per heavy atom. The van der Waals surface area contributed by atoms with Crippen LogP contribution in [0.3, 0.4) is 0 Å². The van der Waals surface area contributed by atoms with Crippen LogP contribution in [0.5, 0.6) is 0 Å². The number of hydrogen-bond acceptors (Lipinski definition) is 4. The SMILES string of the molecule is CN(C)CCCN(C)S(=O)(=O)c1ccc2c(c1)CCN2. The quantitative estimate of drug-likeness (QED) is 0.858. The van der Waals surface area contributed by atoms with Gasteiger partial charge in [0.25, 0.3) is 0 Å². The number of rotatable bonds is 6. The highest BCUT2D eigenvalue weighted by Crippen LogP contribution is 2.26. The summed E-state index contributed by atoms with van der Waals surface area (Å²) in [5.74, 6) is 0. The van der Waals surface area contributed by atoms with Crippen LogP contribution in [-0.2, 0) is 16.4 Å². The first-order valence-corrected chi connectivity index (χ1v) is 8.33. The fraction of sp³-hybridized carbons (Fsp3) is 0.571. The van der Waals surface area contributed by atoms with Gasteiger partial charge in [0, 0.05) is 25.8 Å². The van der Waals surface area contributed by atoms with Crippen molar-refractivity contribution >= 4 is 15.7 Å². The summed E-state index contributed by atoms with van der Waals surface area (Å²) >= 11 is 0. The summed E-state index contributed by atoms with van der Waals surface area (Å²) < 4.78 is 26.4. The average Bonchev–Trinajstić information content (AvgIpc) is 2.85. The molecule has 0 fully saturated rings. The van der Waals surface area contributed by atoms with Gasteiger partial charge in [-0.1, -0.05) is 0 Å². The Bertz CT molecular complexity index is 570. The summed E-state index contributed by atoms with van der Waals surface area (Å²) in [5.41, 5.74) is 2.15. The van der Waals surface area contributed by atoms with Crippen LogP contribution in [0.15, 0.2) is 23.1 Å². The Morgan fingerprint density at radius 1 is 1.20 bits per heavy atom. The van der Waals surface area contributed by atoms with Gasteiger partial charge < -0.3 is 10.2 Å². The number of fused-ring (bicyclic) bond motifs is 1. The van der Waals surface area contributed by atoms with Gasteiger partial charge in [0.05, 0.1) is 4.90 Å². The van der Waals surface area contributed by atoms with Crippen molar-refractivity contribution in [3.63, 3.8) is 0 Å². The van der Waals surface area contributed by atoms with Crippen LogP contribution in [0.2, 0.25) is 0 Å². The van der Waals surface area contributed by atoms with Crippen molar-refractivity contribution in [1.29, 1.82) is 0 Å². The minimum atomic E-state index is -3.37. The molecule has 1 heterocycles. The molecule has 0 aromatic heterocycles. The Balaban J connectivity index is 2.09. The summed E-state index contributed by atoms with van der Waals surface area (Å²) in [4.78, 5) is 2.45. The minimum Gasteiger partial charge on any atom is -0.384 e. The molecule has 112 valence electrons. The summed E-state index contributed by atoms with van der Waals surface area (Å²) in [7, 11) is 2.25. The van der Waals surface area contributed by atoms with Gasteiger partial charge in [-0.25, -0.2) is 12.7 Å². The molecule has 0 aliphatic carbocycles. The highest BCUT2D eigenvalue weighted by Gasteiger charge is 2.22. The monoisotopic (exact) mass is 297 g/mol. The molecule has 0 atom stereocenters. The van der Waals surface area contributed by atoms with Gasteiger partial charge in [-0.2, -0.15) is 0 Å². The van der Waals surface area contributed by atoms with E-state index in [-0.39, 0.29) is 0 Å². The maximum atomic E-state index is 12.5. The van der Waals surface area contributed by atoms with Crippen molar-refractivity contribution in [3.8, 4) is 0 Å². The second-order valence-corrected chi connectivity index (χ2v) is 7.52. The molecule has 1 aromatic rings. The largest absolute Gasteiger partial charge is 0.384 e. The predicted octanol–water partition coefficient (Wildman–Crippen LogP) is 1.23. The van der Waals surface area contributed by atoms with E-state index in [0.29, 0.717) is 11.4 Å². The first kappa shape index (κ1) is 15.3. The van der Waals surface area contributed by atoms with E-state index in [0.717, 1.165) is 37.2 Å². The molecule has 0 saturated carbocycles. The number of hydrogen-bond donors (Lipinski definition) is 1. The average molecular weight is 297 g/mol. The zero-order chi connectivity index (χ0) is 14.8. The van der Waals surface area contributed by atoms with Crippen molar-refractivity contribution in [2.45, 2.75) is 17.7 Å². The smallest absolute Gasteiger partial charge is 0.242 e. The number of benzene rings is 1. The predicted molar refractivity (Wildman–Crippen MR) is 81.6 cm³/mol. The van der Waals surface area contributed by atoms with Crippen molar-refractivity contribution in [1.82, 2.24) is 9.21 Å². The number of anilines is 1. The molecule has 1 N–H and O–H groups in total. The van der Waals surface area contributed by atoms with E-state index in [1.54, 1.807) is 19.2 Å². The minimum absolute atomic E-state index is 0.396. The van der Waals surface area contributed by atoms with E-state index in [9.17, 15) is 8.42 Å². The van der Waals surface area contributed by atoms with E-state index in [1.165, 1.54) is 4.31 Å². The second-order valence-electron chi connectivity index (χ2n) is 5.48. The third kappa shape index (κ3) is 3.31. The summed E-state index contributed by atoms with van der Waals surface area (Å²) in [6.45, 7) is 2.31. The van der Waals surface area contributed by atoms with Gasteiger partial charge in [0.2, 0.25) is 10.0 Å². The molecule has 5 nitrogen and oxygen atoms in total. The third-order valence-electron chi connectivity index (χ3n) is 3.57. The summed E-state index contributed by atoms with van der Waals surface area (Å²) in [5, 5.41) is 3.24. The first-order chi connectivity index (χ1) is 9.41. The molecule has 6 heteroatoms. The highest BCUT2D eigenvalue weighted by atomic mass is 32.2. The van der Waals surface area contributed by atoms with Gasteiger partial charge in [-0.15, -0.1) is 0 Å². The molecule has 0 radical (unpaired) electrons. The fourth-order valence-corrected chi connectivity index (χ4v) is 3.61. The Morgan fingerprint density at radius 2 is 1.95 bits per heavy atom. The summed E-state index contributed by atoms with van der Waals surface area (Å²) in [6, 6.07) is 5.35. The maximum Gasteiger partial charge on any atom is 0.242 e. The molecule has 0 unspecified atom stereocenters. The lowest BCUT2D eigenvalue weighted by molar-refractivity contribution is 0.370. The van der Waals surface area contributed by atoms with E-state index < -0.39 is 10.0 Å².